The lowest BCUT2D eigenvalue weighted by atomic mass is 10.1. The number of rotatable bonds is 10. The molecule has 27 heavy (non-hydrogen) atoms. The predicted octanol–water partition coefficient (Wildman–Crippen LogP) is 5.20. The molecule has 0 fully saturated rings. The van der Waals surface area contributed by atoms with Crippen molar-refractivity contribution in [3.05, 3.63) is 52.2 Å². The van der Waals surface area contributed by atoms with Gasteiger partial charge in [0, 0.05) is 12.1 Å². The molecule has 2 aromatic rings. The molecule has 1 heterocycles. The number of nitrogens with one attached hydrogen (secondary N) is 2. The molecule has 0 saturated carbocycles. The van der Waals surface area contributed by atoms with E-state index in [1.807, 2.05) is 42.6 Å². The van der Waals surface area contributed by atoms with Crippen molar-refractivity contribution < 1.29 is 9.59 Å². The third-order valence-corrected chi connectivity index (χ3v) is 5.01. The van der Waals surface area contributed by atoms with Gasteiger partial charge in [-0.15, -0.1) is 11.3 Å². The molecule has 2 amide bonds. The molecule has 0 unspecified atom stereocenters. The number of hydrogen-bond acceptors (Lipinski definition) is 4. The lowest BCUT2D eigenvalue weighted by molar-refractivity contribution is -0.121. The van der Waals surface area contributed by atoms with Crippen LogP contribution in [0.4, 0.5) is 5.69 Å². The third-order valence-electron chi connectivity index (χ3n) is 4.14. The summed E-state index contributed by atoms with van der Waals surface area (Å²) in [4.78, 5) is 24.7. The predicted molar refractivity (Wildman–Crippen MR) is 112 cm³/mol. The van der Waals surface area contributed by atoms with Gasteiger partial charge in [-0.05, 0) is 42.5 Å². The van der Waals surface area contributed by atoms with Gasteiger partial charge in [-0.25, -0.2) is 5.43 Å². The molecule has 144 valence electrons. The summed E-state index contributed by atoms with van der Waals surface area (Å²) in [5.41, 5.74) is 4.86. The SMILES string of the molecule is CCCCCCCC(=O)NN=C(C)c1cccc(NC(=O)c2cccs2)c1. The molecule has 0 spiro atoms. The minimum Gasteiger partial charge on any atom is -0.321 e. The first-order valence-electron chi connectivity index (χ1n) is 9.38. The summed E-state index contributed by atoms with van der Waals surface area (Å²) < 4.78 is 0. The van der Waals surface area contributed by atoms with Crippen LogP contribution in [0.15, 0.2) is 46.9 Å². The summed E-state index contributed by atoms with van der Waals surface area (Å²) >= 11 is 1.40. The van der Waals surface area contributed by atoms with Crippen LogP contribution < -0.4 is 10.7 Å². The van der Waals surface area contributed by atoms with E-state index in [1.54, 1.807) is 6.07 Å². The highest BCUT2D eigenvalue weighted by molar-refractivity contribution is 7.12. The molecule has 1 aromatic carbocycles. The van der Waals surface area contributed by atoms with Crippen LogP contribution in [0.5, 0.6) is 0 Å². The zero-order chi connectivity index (χ0) is 19.5. The maximum absolute atomic E-state index is 12.1. The van der Waals surface area contributed by atoms with Crippen molar-refractivity contribution in [3.63, 3.8) is 0 Å². The lowest BCUT2D eigenvalue weighted by Crippen LogP contribution is -2.19. The Balaban J connectivity index is 1.86. The number of amides is 2. The summed E-state index contributed by atoms with van der Waals surface area (Å²) in [5.74, 6) is -0.193. The average Bonchev–Trinajstić information content (AvgIpc) is 3.21. The quantitative estimate of drug-likeness (QED) is 0.335. The van der Waals surface area contributed by atoms with E-state index in [2.05, 4.69) is 22.8 Å². The summed E-state index contributed by atoms with van der Waals surface area (Å²) in [6.45, 7) is 4.01. The van der Waals surface area contributed by atoms with E-state index < -0.39 is 0 Å². The third kappa shape index (κ3) is 7.35. The van der Waals surface area contributed by atoms with Gasteiger partial charge in [0.05, 0.1) is 10.6 Å². The standard InChI is InChI=1S/C21H27N3O2S/c1-3-4-5-6-7-13-20(25)24-23-16(2)17-10-8-11-18(15-17)22-21(26)19-12-9-14-27-19/h8-12,14-15H,3-7,13H2,1-2H3,(H,22,26)(H,24,25). The van der Waals surface area contributed by atoms with Crippen LogP contribution in [0.3, 0.4) is 0 Å². The van der Waals surface area contributed by atoms with E-state index in [0.29, 0.717) is 22.7 Å². The Morgan fingerprint density at radius 3 is 2.63 bits per heavy atom. The monoisotopic (exact) mass is 385 g/mol. The minimum atomic E-state index is -0.131. The molecule has 0 radical (unpaired) electrons. The molecule has 1 aromatic heterocycles. The van der Waals surface area contributed by atoms with E-state index in [-0.39, 0.29) is 11.8 Å². The zero-order valence-corrected chi connectivity index (χ0v) is 16.8. The number of hydrogen-bond donors (Lipinski definition) is 2. The average molecular weight is 386 g/mol. The van der Waals surface area contributed by atoms with Gasteiger partial charge in [-0.2, -0.15) is 5.10 Å². The van der Waals surface area contributed by atoms with Gasteiger partial charge in [0.1, 0.15) is 0 Å². The molecule has 2 N–H and O–H groups in total. The molecule has 0 bridgehead atoms. The van der Waals surface area contributed by atoms with Crippen LogP contribution in [0.2, 0.25) is 0 Å². The second-order valence-corrected chi connectivity index (χ2v) is 7.36. The minimum absolute atomic E-state index is 0.0620. The van der Waals surface area contributed by atoms with Crippen molar-refractivity contribution in [1.82, 2.24) is 5.43 Å². The Morgan fingerprint density at radius 1 is 1.07 bits per heavy atom. The molecule has 0 aliphatic heterocycles. The van der Waals surface area contributed by atoms with E-state index >= 15 is 0 Å². The van der Waals surface area contributed by atoms with Crippen LogP contribution in [-0.2, 0) is 4.79 Å². The van der Waals surface area contributed by atoms with Gasteiger partial charge in [0.15, 0.2) is 0 Å². The van der Waals surface area contributed by atoms with Gasteiger partial charge < -0.3 is 5.32 Å². The van der Waals surface area contributed by atoms with Crippen LogP contribution in [0, 0.1) is 0 Å². The normalized spacial score (nSPS) is 11.3. The first-order chi connectivity index (χ1) is 13.1. The van der Waals surface area contributed by atoms with Crippen LogP contribution >= 0.6 is 11.3 Å². The van der Waals surface area contributed by atoms with Crippen molar-refractivity contribution in [3.8, 4) is 0 Å². The smallest absolute Gasteiger partial charge is 0.265 e. The van der Waals surface area contributed by atoms with E-state index in [0.717, 1.165) is 18.4 Å². The fraction of sp³-hybridized carbons (Fsp3) is 0.381. The Morgan fingerprint density at radius 2 is 1.89 bits per heavy atom. The van der Waals surface area contributed by atoms with Gasteiger partial charge >= 0.3 is 0 Å². The summed E-state index contributed by atoms with van der Waals surface area (Å²) in [7, 11) is 0. The van der Waals surface area contributed by atoms with Crippen LogP contribution in [-0.4, -0.2) is 17.5 Å². The molecular weight excluding hydrogens is 358 g/mol. The fourth-order valence-corrected chi connectivity index (χ4v) is 3.20. The highest BCUT2D eigenvalue weighted by atomic mass is 32.1. The number of nitrogens with zero attached hydrogens (tertiary/aromatic N) is 1. The molecule has 0 atom stereocenters. The molecule has 6 heteroatoms. The van der Waals surface area contributed by atoms with Crippen molar-refractivity contribution >= 4 is 34.6 Å². The molecule has 0 saturated heterocycles. The van der Waals surface area contributed by atoms with Crippen molar-refractivity contribution in [2.75, 3.05) is 5.32 Å². The highest BCUT2D eigenvalue weighted by Crippen LogP contribution is 2.15. The summed E-state index contributed by atoms with van der Waals surface area (Å²) in [6, 6.07) is 11.1. The maximum atomic E-state index is 12.1. The second kappa shape index (κ2) is 11.3. The Bertz CT molecular complexity index is 769. The van der Waals surface area contributed by atoms with Crippen molar-refractivity contribution in [1.29, 1.82) is 0 Å². The number of anilines is 1. The molecular formula is C21H27N3O2S. The largest absolute Gasteiger partial charge is 0.321 e. The summed E-state index contributed by atoms with van der Waals surface area (Å²) in [6.07, 6.45) is 6.06. The van der Waals surface area contributed by atoms with E-state index in [1.165, 1.54) is 30.6 Å². The first-order valence-corrected chi connectivity index (χ1v) is 10.3. The topological polar surface area (TPSA) is 70.6 Å². The van der Waals surface area contributed by atoms with Gasteiger partial charge in [-0.3, -0.25) is 9.59 Å². The van der Waals surface area contributed by atoms with Gasteiger partial charge in [0.25, 0.3) is 5.91 Å². The highest BCUT2D eigenvalue weighted by Gasteiger charge is 2.08. The van der Waals surface area contributed by atoms with Gasteiger partial charge in [-0.1, -0.05) is 50.8 Å². The number of carbonyl (C=O) groups is 2. The number of carbonyl (C=O) groups excluding carboxylic acids is 2. The summed E-state index contributed by atoms with van der Waals surface area (Å²) in [5, 5.41) is 8.93. The maximum Gasteiger partial charge on any atom is 0.265 e. The van der Waals surface area contributed by atoms with E-state index in [4.69, 9.17) is 0 Å². The fourth-order valence-electron chi connectivity index (χ4n) is 2.58. The number of benzene rings is 1. The Hall–Kier alpha value is -2.47. The van der Waals surface area contributed by atoms with Crippen LogP contribution in [0.25, 0.3) is 0 Å². The molecule has 5 nitrogen and oxygen atoms in total. The molecule has 2 rings (SSSR count). The second-order valence-electron chi connectivity index (χ2n) is 6.41. The Labute approximate surface area is 164 Å². The van der Waals surface area contributed by atoms with Crippen LogP contribution in [0.1, 0.15) is 67.6 Å². The number of unbranched alkanes of at least 4 members (excludes halogenated alkanes) is 4. The van der Waals surface area contributed by atoms with Crippen molar-refractivity contribution in [2.24, 2.45) is 5.10 Å². The van der Waals surface area contributed by atoms with Gasteiger partial charge in [0.2, 0.25) is 5.91 Å². The lowest BCUT2D eigenvalue weighted by Gasteiger charge is -2.07. The first kappa shape index (κ1) is 20.8. The van der Waals surface area contributed by atoms with E-state index in [9.17, 15) is 9.59 Å². The molecule has 0 aliphatic carbocycles. The zero-order valence-electron chi connectivity index (χ0n) is 16.0. The van der Waals surface area contributed by atoms with Crippen molar-refractivity contribution in [2.45, 2.75) is 52.4 Å². The number of thiophene rings is 1. The number of hydrazone groups is 1. The molecule has 0 aliphatic rings. The Kier molecular flexibility index (Phi) is 8.71.